The number of hydrogen-bond donors (Lipinski definition) is 2. The molecule has 0 unspecified atom stereocenters. The normalized spacial score (nSPS) is 11.3. The molecule has 1 rings (SSSR count). The number of rotatable bonds is 3. The Bertz CT molecular complexity index is 405. The zero-order valence-electron chi connectivity index (χ0n) is 11.1. The zero-order chi connectivity index (χ0) is 13.1. The van der Waals surface area contributed by atoms with Gasteiger partial charge in [-0.25, -0.2) is 0 Å². The fraction of sp³-hybridized carbons (Fsp3) is 0.500. The number of benzene rings is 1. The van der Waals surface area contributed by atoms with E-state index in [1.807, 2.05) is 39.0 Å². The van der Waals surface area contributed by atoms with E-state index in [0.717, 1.165) is 23.4 Å². The van der Waals surface area contributed by atoms with Crippen LogP contribution in [-0.4, -0.2) is 5.91 Å². The monoisotopic (exact) mass is 234 g/mol. The molecule has 0 aliphatic heterocycles. The maximum atomic E-state index is 11.7. The van der Waals surface area contributed by atoms with E-state index in [1.54, 1.807) is 0 Å². The lowest BCUT2D eigenvalue weighted by atomic mass is 9.92. The van der Waals surface area contributed by atoms with Gasteiger partial charge in [0.2, 0.25) is 5.91 Å². The van der Waals surface area contributed by atoms with Crippen molar-refractivity contribution in [2.75, 3.05) is 11.1 Å². The van der Waals surface area contributed by atoms with Gasteiger partial charge < -0.3 is 11.1 Å². The van der Waals surface area contributed by atoms with E-state index in [0.29, 0.717) is 6.42 Å². The second kappa shape index (κ2) is 5.21. The van der Waals surface area contributed by atoms with Gasteiger partial charge in [-0.3, -0.25) is 4.79 Å². The summed E-state index contributed by atoms with van der Waals surface area (Å²) in [6.07, 6.45) is 1.41. The molecule has 0 aliphatic rings. The molecule has 0 heterocycles. The molecule has 0 fully saturated rings. The third-order valence-corrected chi connectivity index (χ3v) is 2.50. The van der Waals surface area contributed by atoms with Crippen LogP contribution in [0.1, 0.15) is 39.7 Å². The number of aryl methyl sites for hydroxylation is 1. The number of nitrogens with one attached hydrogen (secondary N) is 1. The van der Waals surface area contributed by atoms with E-state index < -0.39 is 0 Å². The fourth-order valence-electron chi connectivity index (χ4n) is 1.68. The lowest BCUT2D eigenvalue weighted by molar-refractivity contribution is -0.117. The Morgan fingerprint density at radius 3 is 2.47 bits per heavy atom. The van der Waals surface area contributed by atoms with Crippen LogP contribution in [0, 0.1) is 5.41 Å². The second-order valence-electron chi connectivity index (χ2n) is 5.55. The minimum Gasteiger partial charge on any atom is -0.398 e. The van der Waals surface area contributed by atoms with Crippen molar-refractivity contribution >= 4 is 17.3 Å². The number of carbonyl (C=O) groups excluding carboxylic acids is 1. The number of amides is 1. The largest absolute Gasteiger partial charge is 0.398 e. The van der Waals surface area contributed by atoms with Crippen LogP contribution in [0.15, 0.2) is 18.2 Å². The Labute approximate surface area is 103 Å². The predicted octanol–water partition coefficient (Wildman–Crippen LogP) is 3.21. The minimum atomic E-state index is -0.00100. The van der Waals surface area contributed by atoms with Crippen LogP contribution < -0.4 is 11.1 Å². The number of hydrogen-bond acceptors (Lipinski definition) is 2. The van der Waals surface area contributed by atoms with E-state index in [4.69, 9.17) is 5.73 Å². The molecule has 0 saturated carbocycles. The molecule has 0 aromatic heterocycles. The second-order valence-corrected chi connectivity index (χ2v) is 5.55. The summed E-state index contributed by atoms with van der Waals surface area (Å²) in [5.74, 6) is 0.0288. The molecule has 3 heteroatoms. The van der Waals surface area contributed by atoms with Gasteiger partial charge in [-0.05, 0) is 29.5 Å². The lowest BCUT2D eigenvalue weighted by Gasteiger charge is -2.17. The van der Waals surface area contributed by atoms with Crippen molar-refractivity contribution in [3.8, 4) is 0 Å². The molecule has 0 aliphatic carbocycles. The quantitative estimate of drug-likeness (QED) is 0.789. The zero-order valence-corrected chi connectivity index (χ0v) is 11.1. The van der Waals surface area contributed by atoms with Crippen LogP contribution in [0.2, 0.25) is 0 Å². The van der Waals surface area contributed by atoms with Gasteiger partial charge in [0.05, 0.1) is 0 Å². The summed E-state index contributed by atoms with van der Waals surface area (Å²) in [6, 6.07) is 5.68. The lowest BCUT2D eigenvalue weighted by Crippen LogP contribution is -2.19. The summed E-state index contributed by atoms with van der Waals surface area (Å²) in [6.45, 7) is 8.19. The molecule has 0 radical (unpaired) electrons. The third kappa shape index (κ3) is 4.47. The molecular formula is C14H22N2O. The van der Waals surface area contributed by atoms with Gasteiger partial charge in [0.25, 0.3) is 0 Å². The minimum absolute atomic E-state index is 0.00100. The summed E-state index contributed by atoms with van der Waals surface area (Å²) in [7, 11) is 0. The summed E-state index contributed by atoms with van der Waals surface area (Å²) in [4.78, 5) is 11.7. The Morgan fingerprint density at radius 1 is 1.35 bits per heavy atom. The van der Waals surface area contributed by atoms with Crippen molar-refractivity contribution in [3.63, 3.8) is 0 Å². The number of carbonyl (C=O) groups is 1. The van der Waals surface area contributed by atoms with Crippen LogP contribution in [-0.2, 0) is 11.2 Å². The molecule has 1 aromatic rings. The fourth-order valence-corrected chi connectivity index (χ4v) is 1.68. The van der Waals surface area contributed by atoms with Gasteiger partial charge in [-0.2, -0.15) is 0 Å². The van der Waals surface area contributed by atoms with E-state index in [1.165, 1.54) is 0 Å². The van der Waals surface area contributed by atoms with Crippen LogP contribution >= 0.6 is 0 Å². The first-order chi connectivity index (χ1) is 7.81. The first kappa shape index (κ1) is 13.6. The van der Waals surface area contributed by atoms with Crippen LogP contribution in [0.3, 0.4) is 0 Å². The first-order valence-corrected chi connectivity index (χ1v) is 6.00. The maximum absolute atomic E-state index is 11.7. The number of anilines is 2. The molecule has 3 N–H and O–H groups in total. The van der Waals surface area contributed by atoms with Crippen molar-refractivity contribution in [1.82, 2.24) is 0 Å². The highest BCUT2D eigenvalue weighted by Crippen LogP contribution is 2.22. The highest BCUT2D eigenvalue weighted by Gasteiger charge is 2.16. The predicted molar refractivity (Wildman–Crippen MR) is 72.9 cm³/mol. The molecule has 0 atom stereocenters. The Morgan fingerprint density at radius 2 is 2.00 bits per heavy atom. The van der Waals surface area contributed by atoms with Gasteiger partial charge in [-0.1, -0.05) is 33.8 Å². The molecule has 0 spiro atoms. The third-order valence-electron chi connectivity index (χ3n) is 2.50. The average Bonchev–Trinajstić information content (AvgIpc) is 2.14. The maximum Gasteiger partial charge on any atom is 0.224 e. The van der Waals surface area contributed by atoms with Crippen molar-refractivity contribution in [2.45, 2.75) is 40.5 Å². The van der Waals surface area contributed by atoms with Gasteiger partial charge in [-0.15, -0.1) is 0 Å². The topological polar surface area (TPSA) is 55.1 Å². The molecular weight excluding hydrogens is 212 g/mol. The van der Waals surface area contributed by atoms with Gasteiger partial charge in [0.15, 0.2) is 0 Å². The van der Waals surface area contributed by atoms with E-state index in [9.17, 15) is 4.79 Å². The number of nitrogens with two attached hydrogens (primary N) is 1. The van der Waals surface area contributed by atoms with Gasteiger partial charge in [0, 0.05) is 17.8 Å². The Balaban J connectivity index is 2.69. The van der Waals surface area contributed by atoms with Crippen molar-refractivity contribution in [2.24, 2.45) is 5.41 Å². The van der Waals surface area contributed by atoms with E-state index in [2.05, 4.69) is 12.2 Å². The summed E-state index contributed by atoms with van der Waals surface area (Å²) >= 11 is 0. The first-order valence-electron chi connectivity index (χ1n) is 6.00. The summed E-state index contributed by atoms with van der Waals surface area (Å²) < 4.78 is 0. The Hall–Kier alpha value is -1.51. The average molecular weight is 234 g/mol. The smallest absolute Gasteiger partial charge is 0.224 e. The summed E-state index contributed by atoms with van der Waals surface area (Å²) in [5, 5.41) is 2.87. The van der Waals surface area contributed by atoms with Gasteiger partial charge in [0.1, 0.15) is 0 Å². The molecule has 17 heavy (non-hydrogen) atoms. The van der Waals surface area contributed by atoms with Crippen LogP contribution in [0.25, 0.3) is 0 Å². The Kier molecular flexibility index (Phi) is 4.16. The van der Waals surface area contributed by atoms with Crippen LogP contribution in [0.5, 0.6) is 0 Å². The van der Waals surface area contributed by atoms with E-state index >= 15 is 0 Å². The van der Waals surface area contributed by atoms with Crippen LogP contribution in [0.4, 0.5) is 11.4 Å². The van der Waals surface area contributed by atoms with Crippen molar-refractivity contribution < 1.29 is 4.79 Å². The molecule has 0 bridgehead atoms. The van der Waals surface area contributed by atoms with Gasteiger partial charge >= 0.3 is 0 Å². The highest BCUT2D eigenvalue weighted by molar-refractivity contribution is 5.91. The van der Waals surface area contributed by atoms with Crippen molar-refractivity contribution in [3.05, 3.63) is 23.8 Å². The number of nitrogen functional groups attached to an aromatic ring is 1. The molecule has 1 amide bonds. The SMILES string of the molecule is CCc1ccc(NC(=O)CC(C)(C)C)cc1N. The molecule has 3 nitrogen and oxygen atoms in total. The highest BCUT2D eigenvalue weighted by atomic mass is 16.1. The van der Waals surface area contributed by atoms with E-state index in [-0.39, 0.29) is 11.3 Å². The summed E-state index contributed by atoms with van der Waals surface area (Å²) in [5.41, 5.74) is 8.50. The standard InChI is InChI=1S/C14H22N2O/c1-5-10-6-7-11(8-12(10)15)16-13(17)9-14(2,3)4/h6-8H,5,9,15H2,1-4H3,(H,16,17). The molecule has 0 saturated heterocycles. The molecule has 1 aromatic carbocycles. The van der Waals surface area contributed by atoms with Crippen molar-refractivity contribution in [1.29, 1.82) is 0 Å². The molecule has 94 valence electrons.